The van der Waals surface area contributed by atoms with E-state index in [1.165, 1.54) is 0 Å². The molecule has 0 fully saturated rings. The molecule has 3 N–H and O–H groups in total. The van der Waals surface area contributed by atoms with Crippen molar-refractivity contribution in [2.24, 2.45) is 5.92 Å². The Bertz CT molecular complexity index is 717. The minimum Gasteiger partial charge on any atom is -0.491 e. The van der Waals surface area contributed by atoms with E-state index in [0.29, 0.717) is 23.4 Å². The minimum atomic E-state index is -0.600. The number of carbonyl (C=O) groups is 1. The molecule has 27 heavy (non-hydrogen) atoms. The van der Waals surface area contributed by atoms with Gasteiger partial charge in [0.2, 0.25) is 0 Å². The molecule has 0 aliphatic heterocycles. The summed E-state index contributed by atoms with van der Waals surface area (Å²) in [7, 11) is 0. The lowest BCUT2D eigenvalue weighted by molar-refractivity contribution is 0.0641. The largest absolute Gasteiger partial charge is 0.491 e. The van der Waals surface area contributed by atoms with Crippen molar-refractivity contribution < 1.29 is 24.5 Å². The standard InChI is InChI=1S/C21H27NO5/c1-15-7-9-17(10-8-15)22-21(25)27-20(16(2)11-12-23)18-5-3-4-6-19(18)26-14-13-24/h3-10,16,20,23-24H,11-14H2,1-2H3,(H,22,25)/t16-,20+/m1/s1. The van der Waals surface area contributed by atoms with E-state index >= 15 is 0 Å². The number of aliphatic hydroxyl groups is 2. The summed E-state index contributed by atoms with van der Waals surface area (Å²) in [6.07, 6.45) is -0.709. The Hall–Kier alpha value is -2.57. The lowest BCUT2D eigenvalue weighted by Crippen LogP contribution is -2.23. The van der Waals surface area contributed by atoms with Crippen molar-refractivity contribution in [3.63, 3.8) is 0 Å². The van der Waals surface area contributed by atoms with Gasteiger partial charge in [-0.3, -0.25) is 5.32 Å². The third kappa shape index (κ3) is 6.27. The lowest BCUT2D eigenvalue weighted by atomic mass is 9.94. The molecular weight excluding hydrogens is 346 g/mol. The quantitative estimate of drug-likeness (QED) is 0.624. The smallest absolute Gasteiger partial charge is 0.412 e. The highest BCUT2D eigenvalue weighted by atomic mass is 16.6. The minimum absolute atomic E-state index is 0.0136. The van der Waals surface area contributed by atoms with Crippen LogP contribution in [0.2, 0.25) is 0 Å². The van der Waals surface area contributed by atoms with E-state index < -0.39 is 12.2 Å². The average molecular weight is 373 g/mol. The molecule has 0 aliphatic carbocycles. The third-order valence-electron chi connectivity index (χ3n) is 4.21. The number of rotatable bonds is 9. The number of anilines is 1. The second-order valence-electron chi connectivity index (χ2n) is 6.42. The molecule has 0 spiro atoms. The van der Waals surface area contributed by atoms with Crippen molar-refractivity contribution in [2.75, 3.05) is 25.1 Å². The highest BCUT2D eigenvalue weighted by Gasteiger charge is 2.26. The number of aryl methyl sites for hydroxylation is 1. The zero-order chi connectivity index (χ0) is 19.6. The van der Waals surface area contributed by atoms with Gasteiger partial charge in [0.25, 0.3) is 0 Å². The fourth-order valence-corrected chi connectivity index (χ4v) is 2.74. The second kappa shape index (κ2) is 10.5. The molecule has 2 aromatic carbocycles. The number of ether oxygens (including phenoxy) is 2. The third-order valence-corrected chi connectivity index (χ3v) is 4.21. The van der Waals surface area contributed by atoms with Crippen molar-refractivity contribution in [1.29, 1.82) is 0 Å². The first kappa shape index (κ1) is 20.7. The summed E-state index contributed by atoms with van der Waals surface area (Å²) in [5.74, 6) is 0.419. The summed E-state index contributed by atoms with van der Waals surface area (Å²) >= 11 is 0. The van der Waals surface area contributed by atoms with Crippen LogP contribution in [0.5, 0.6) is 5.75 Å². The molecule has 2 rings (SSSR count). The Morgan fingerprint density at radius 3 is 2.44 bits per heavy atom. The summed E-state index contributed by atoms with van der Waals surface area (Å²) in [6, 6.07) is 14.7. The van der Waals surface area contributed by atoms with Crippen LogP contribution in [0.15, 0.2) is 48.5 Å². The van der Waals surface area contributed by atoms with Crippen LogP contribution >= 0.6 is 0 Å². The number of benzene rings is 2. The van der Waals surface area contributed by atoms with Crippen molar-refractivity contribution in [1.82, 2.24) is 0 Å². The molecule has 2 atom stereocenters. The van der Waals surface area contributed by atoms with Crippen molar-refractivity contribution in [3.8, 4) is 5.75 Å². The molecule has 2 aromatic rings. The van der Waals surface area contributed by atoms with E-state index in [0.717, 1.165) is 5.56 Å². The van der Waals surface area contributed by atoms with Crippen LogP contribution in [0.4, 0.5) is 10.5 Å². The fourth-order valence-electron chi connectivity index (χ4n) is 2.74. The van der Waals surface area contributed by atoms with Gasteiger partial charge < -0.3 is 19.7 Å². The van der Waals surface area contributed by atoms with E-state index in [2.05, 4.69) is 5.32 Å². The number of aliphatic hydroxyl groups excluding tert-OH is 2. The lowest BCUT2D eigenvalue weighted by Gasteiger charge is -2.26. The molecule has 0 heterocycles. The second-order valence-corrected chi connectivity index (χ2v) is 6.42. The number of hydrogen-bond acceptors (Lipinski definition) is 5. The molecule has 0 unspecified atom stereocenters. The normalized spacial score (nSPS) is 12.9. The van der Waals surface area contributed by atoms with Gasteiger partial charge in [-0.25, -0.2) is 4.79 Å². The van der Waals surface area contributed by atoms with Crippen LogP contribution in [0.3, 0.4) is 0 Å². The molecule has 0 aromatic heterocycles. The fraction of sp³-hybridized carbons (Fsp3) is 0.381. The summed E-state index contributed by atoms with van der Waals surface area (Å²) in [4.78, 5) is 12.4. The van der Waals surface area contributed by atoms with Gasteiger partial charge >= 0.3 is 6.09 Å². The van der Waals surface area contributed by atoms with Gasteiger partial charge in [0.05, 0.1) is 6.61 Å². The Balaban J connectivity index is 2.19. The molecule has 0 aliphatic rings. The van der Waals surface area contributed by atoms with Crippen LogP contribution in [0.1, 0.15) is 30.6 Å². The SMILES string of the molecule is Cc1ccc(NC(=O)O[C@H](c2ccccc2OCCO)[C@H](C)CCO)cc1. The molecular formula is C21H27NO5. The van der Waals surface area contributed by atoms with Gasteiger partial charge in [-0.1, -0.05) is 42.8 Å². The summed E-state index contributed by atoms with van der Waals surface area (Å²) < 4.78 is 11.3. The number of nitrogens with one attached hydrogen (secondary N) is 1. The number of carbonyl (C=O) groups excluding carboxylic acids is 1. The number of amides is 1. The molecule has 0 bridgehead atoms. The van der Waals surface area contributed by atoms with E-state index in [1.807, 2.05) is 44.2 Å². The van der Waals surface area contributed by atoms with Crippen LogP contribution in [0, 0.1) is 12.8 Å². The van der Waals surface area contributed by atoms with Gasteiger partial charge in [0.1, 0.15) is 18.5 Å². The van der Waals surface area contributed by atoms with Crippen molar-refractivity contribution in [3.05, 3.63) is 59.7 Å². The van der Waals surface area contributed by atoms with Crippen molar-refractivity contribution in [2.45, 2.75) is 26.4 Å². The highest BCUT2D eigenvalue weighted by molar-refractivity contribution is 5.84. The maximum atomic E-state index is 12.4. The van der Waals surface area contributed by atoms with Crippen LogP contribution in [0.25, 0.3) is 0 Å². The Morgan fingerprint density at radius 1 is 1.07 bits per heavy atom. The maximum Gasteiger partial charge on any atom is 0.412 e. The van der Waals surface area contributed by atoms with Crippen LogP contribution in [-0.2, 0) is 4.74 Å². The van der Waals surface area contributed by atoms with Gasteiger partial charge in [-0.2, -0.15) is 0 Å². The number of hydrogen-bond donors (Lipinski definition) is 3. The predicted octanol–water partition coefficient (Wildman–Crippen LogP) is 3.67. The molecule has 6 heteroatoms. The van der Waals surface area contributed by atoms with E-state index in [9.17, 15) is 9.90 Å². The predicted molar refractivity (Wildman–Crippen MR) is 104 cm³/mol. The molecule has 0 saturated heterocycles. The van der Waals surface area contributed by atoms with Crippen LogP contribution < -0.4 is 10.1 Å². The van der Waals surface area contributed by atoms with Gasteiger partial charge in [-0.05, 0) is 37.5 Å². The summed E-state index contributed by atoms with van der Waals surface area (Å²) in [6.45, 7) is 3.90. The Kier molecular flexibility index (Phi) is 8.10. The zero-order valence-corrected chi connectivity index (χ0v) is 15.7. The first-order valence-electron chi connectivity index (χ1n) is 9.03. The van der Waals surface area contributed by atoms with Gasteiger partial charge in [0, 0.05) is 17.9 Å². The molecule has 0 radical (unpaired) electrons. The first-order chi connectivity index (χ1) is 13.0. The van der Waals surface area contributed by atoms with Crippen molar-refractivity contribution >= 4 is 11.8 Å². The van der Waals surface area contributed by atoms with Gasteiger partial charge in [-0.15, -0.1) is 0 Å². The Morgan fingerprint density at radius 2 is 1.78 bits per heavy atom. The first-order valence-corrected chi connectivity index (χ1v) is 9.03. The molecule has 6 nitrogen and oxygen atoms in total. The summed E-state index contributed by atoms with van der Waals surface area (Å²) in [5.41, 5.74) is 2.44. The summed E-state index contributed by atoms with van der Waals surface area (Å²) in [5, 5.41) is 21.1. The topological polar surface area (TPSA) is 88.0 Å². The van der Waals surface area contributed by atoms with Gasteiger partial charge in [0.15, 0.2) is 0 Å². The molecule has 146 valence electrons. The highest BCUT2D eigenvalue weighted by Crippen LogP contribution is 2.35. The Labute approximate surface area is 159 Å². The molecule has 0 saturated carbocycles. The van der Waals surface area contributed by atoms with E-state index in [4.69, 9.17) is 14.6 Å². The maximum absolute atomic E-state index is 12.4. The average Bonchev–Trinajstić information content (AvgIpc) is 2.67. The monoisotopic (exact) mass is 373 g/mol. The van der Waals surface area contributed by atoms with E-state index in [1.54, 1.807) is 18.2 Å². The van der Waals surface area contributed by atoms with E-state index in [-0.39, 0.29) is 25.7 Å². The molecule has 1 amide bonds. The number of para-hydroxylation sites is 1. The zero-order valence-electron chi connectivity index (χ0n) is 15.7. The van der Waals surface area contributed by atoms with Crippen LogP contribution in [-0.4, -0.2) is 36.1 Å².